The van der Waals surface area contributed by atoms with Gasteiger partial charge in [0, 0.05) is 13.1 Å². The summed E-state index contributed by atoms with van der Waals surface area (Å²) >= 11 is 0. The van der Waals surface area contributed by atoms with Crippen LogP contribution in [-0.4, -0.2) is 36.7 Å². The number of esters is 1. The number of benzene rings is 1. The van der Waals surface area contributed by atoms with E-state index >= 15 is 0 Å². The summed E-state index contributed by atoms with van der Waals surface area (Å²) in [6, 6.07) is 9.55. The van der Waals surface area contributed by atoms with Crippen molar-refractivity contribution in [3.05, 3.63) is 35.9 Å². The third-order valence-electron chi connectivity index (χ3n) is 4.02. The highest BCUT2D eigenvalue weighted by molar-refractivity contribution is 5.76. The number of ether oxygens (including phenoxy) is 2. The van der Waals surface area contributed by atoms with Crippen molar-refractivity contribution in [1.82, 2.24) is 4.90 Å². The maximum atomic E-state index is 12.2. The Morgan fingerprint density at radius 2 is 1.86 bits per heavy atom. The molecule has 5 nitrogen and oxygen atoms in total. The van der Waals surface area contributed by atoms with Gasteiger partial charge in [0.1, 0.15) is 6.61 Å². The third-order valence-corrected chi connectivity index (χ3v) is 4.02. The molecule has 0 aromatic heterocycles. The first-order chi connectivity index (χ1) is 10.7. The number of rotatable bonds is 5. The number of likely N-dealkylation sites (tertiary alicyclic amines) is 1. The van der Waals surface area contributed by atoms with E-state index in [-0.39, 0.29) is 30.5 Å². The minimum atomic E-state index is -0.367. The van der Waals surface area contributed by atoms with Crippen molar-refractivity contribution < 1.29 is 19.1 Å². The van der Waals surface area contributed by atoms with E-state index in [1.807, 2.05) is 37.3 Å². The molecule has 0 radical (unpaired) electrons. The standard InChI is InChI=1S/C17H23NO4/c1-3-14-10-18(11-15(14)16(19)21-4-2)17(20)22-12-13-8-6-5-7-9-13/h5-9,14-15H,3-4,10-12H2,1-2H3/t14-,15+/m0/s1. The van der Waals surface area contributed by atoms with Crippen molar-refractivity contribution in [2.75, 3.05) is 19.7 Å². The largest absolute Gasteiger partial charge is 0.466 e. The van der Waals surface area contributed by atoms with Gasteiger partial charge in [0.2, 0.25) is 0 Å². The summed E-state index contributed by atoms with van der Waals surface area (Å²) in [6.45, 7) is 5.36. The van der Waals surface area contributed by atoms with Gasteiger partial charge in [-0.15, -0.1) is 0 Å². The zero-order valence-electron chi connectivity index (χ0n) is 13.2. The van der Waals surface area contributed by atoms with Crippen LogP contribution in [0.2, 0.25) is 0 Å². The first-order valence-corrected chi connectivity index (χ1v) is 7.78. The van der Waals surface area contributed by atoms with Crippen LogP contribution >= 0.6 is 0 Å². The van der Waals surface area contributed by atoms with Crippen molar-refractivity contribution in [3.8, 4) is 0 Å². The van der Waals surface area contributed by atoms with Gasteiger partial charge < -0.3 is 14.4 Å². The molecule has 0 N–H and O–H groups in total. The Labute approximate surface area is 131 Å². The van der Waals surface area contributed by atoms with Crippen LogP contribution in [0.3, 0.4) is 0 Å². The molecule has 1 fully saturated rings. The molecule has 1 aliphatic heterocycles. The summed E-state index contributed by atoms with van der Waals surface area (Å²) in [6.07, 6.45) is 0.473. The lowest BCUT2D eigenvalue weighted by Crippen LogP contribution is -2.30. The Balaban J connectivity index is 1.89. The van der Waals surface area contributed by atoms with Crippen LogP contribution in [0.1, 0.15) is 25.8 Å². The fourth-order valence-electron chi connectivity index (χ4n) is 2.76. The zero-order chi connectivity index (χ0) is 15.9. The van der Waals surface area contributed by atoms with Crippen LogP contribution in [0, 0.1) is 11.8 Å². The SMILES string of the molecule is CCOC(=O)[C@@H]1CN(C(=O)OCc2ccccc2)C[C@@H]1CC. The van der Waals surface area contributed by atoms with Crippen LogP contribution < -0.4 is 0 Å². The topological polar surface area (TPSA) is 55.8 Å². The minimum absolute atomic E-state index is 0.142. The highest BCUT2D eigenvalue weighted by atomic mass is 16.6. The Bertz CT molecular complexity index is 503. The Morgan fingerprint density at radius 1 is 1.14 bits per heavy atom. The average molecular weight is 305 g/mol. The maximum absolute atomic E-state index is 12.2. The maximum Gasteiger partial charge on any atom is 0.410 e. The number of carbonyl (C=O) groups excluding carboxylic acids is 2. The molecule has 5 heteroatoms. The fourth-order valence-corrected chi connectivity index (χ4v) is 2.76. The molecule has 0 bridgehead atoms. The molecular weight excluding hydrogens is 282 g/mol. The van der Waals surface area contributed by atoms with Gasteiger partial charge in [0.05, 0.1) is 12.5 Å². The van der Waals surface area contributed by atoms with E-state index in [0.717, 1.165) is 12.0 Å². The number of hydrogen-bond acceptors (Lipinski definition) is 4. The smallest absolute Gasteiger partial charge is 0.410 e. The van der Waals surface area contributed by atoms with Gasteiger partial charge in [-0.05, 0) is 18.4 Å². The van der Waals surface area contributed by atoms with Crippen LogP contribution in [0.4, 0.5) is 4.79 Å². The summed E-state index contributed by atoms with van der Waals surface area (Å²) in [4.78, 5) is 25.7. The zero-order valence-corrected chi connectivity index (χ0v) is 13.2. The quantitative estimate of drug-likeness (QED) is 0.785. The number of carbonyl (C=O) groups is 2. The highest BCUT2D eigenvalue weighted by Crippen LogP contribution is 2.27. The molecule has 1 amide bonds. The predicted octanol–water partition coefficient (Wildman–Crippen LogP) is 2.84. The van der Waals surface area contributed by atoms with Crippen molar-refractivity contribution in [1.29, 1.82) is 0 Å². The molecule has 22 heavy (non-hydrogen) atoms. The van der Waals surface area contributed by atoms with Crippen LogP contribution in [-0.2, 0) is 20.9 Å². The van der Waals surface area contributed by atoms with Gasteiger partial charge in [-0.25, -0.2) is 4.79 Å². The minimum Gasteiger partial charge on any atom is -0.466 e. The monoisotopic (exact) mass is 305 g/mol. The van der Waals surface area contributed by atoms with Crippen LogP contribution in [0.5, 0.6) is 0 Å². The molecule has 120 valence electrons. The molecule has 0 aliphatic carbocycles. The van der Waals surface area contributed by atoms with Gasteiger partial charge in [-0.1, -0.05) is 43.7 Å². The van der Waals surface area contributed by atoms with E-state index < -0.39 is 0 Å². The van der Waals surface area contributed by atoms with Crippen molar-refractivity contribution >= 4 is 12.1 Å². The second kappa shape index (κ2) is 7.82. The first-order valence-electron chi connectivity index (χ1n) is 7.78. The summed E-state index contributed by atoms with van der Waals surface area (Å²) in [5, 5.41) is 0. The number of nitrogens with zero attached hydrogens (tertiary/aromatic N) is 1. The molecular formula is C17H23NO4. The van der Waals surface area contributed by atoms with E-state index in [0.29, 0.717) is 19.7 Å². The summed E-state index contributed by atoms with van der Waals surface area (Å²) in [5.74, 6) is -0.315. The molecule has 1 aliphatic rings. The van der Waals surface area contributed by atoms with Crippen molar-refractivity contribution in [3.63, 3.8) is 0 Å². The molecule has 2 atom stereocenters. The summed E-state index contributed by atoms with van der Waals surface area (Å²) < 4.78 is 10.4. The lowest BCUT2D eigenvalue weighted by molar-refractivity contribution is -0.148. The van der Waals surface area contributed by atoms with Crippen molar-refractivity contribution in [2.24, 2.45) is 11.8 Å². The lowest BCUT2D eigenvalue weighted by Gasteiger charge is -2.16. The molecule has 2 rings (SSSR count). The van der Waals surface area contributed by atoms with E-state index in [1.165, 1.54) is 0 Å². The summed E-state index contributed by atoms with van der Waals surface area (Å²) in [7, 11) is 0. The van der Waals surface area contributed by atoms with Crippen molar-refractivity contribution in [2.45, 2.75) is 26.9 Å². The third kappa shape index (κ3) is 4.00. The van der Waals surface area contributed by atoms with Gasteiger partial charge in [-0.2, -0.15) is 0 Å². The van der Waals surface area contributed by atoms with Gasteiger partial charge in [-0.3, -0.25) is 4.79 Å². The average Bonchev–Trinajstić information content (AvgIpc) is 2.98. The number of amides is 1. The highest BCUT2D eigenvalue weighted by Gasteiger charge is 2.40. The van der Waals surface area contributed by atoms with Gasteiger partial charge >= 0.3 is 12.1 Å². The van der Waals surface area contributed by atoms with E-state index in [1.54, 1.807) is 11.8 Å². The Kier molecular flexibility index (Phi) is 5.81. The molecule has 1 aromatic carbocycles. The normalized spacial score (nSPS) is 20.7. The van der Waals surface area contributed by atoms with Crippen LogP contribution in [0.15, 0.2) is 30.3 Å². The number of hydrogen-bond donors (Lipinski definition) is 0. The molecule has 0 unspecified atom stereocenters. The van der Waals surface area contributed by atoms with E-state index in [4.69, 9.17) is 9.47 Å². The molecule has 1 aromatic rings. The molecule has 1 saturated heterocycles. The summed E-state index contributed by atoms with van der Waals surface area (Å²) in [5.41, 5.74) is 0.948. The molecule has 0 spiro atoms. The van der Waals surface area contributed by atoms with E-state index in [2.05, 4.69) is 0 Å². The second-order valence-electron chi connectivity index (χ2n) is 5.47. The predicted molar refractivity (Wildman–Crippen MR) is 82.1 cm³/mol. The molecule has 0 saturated carbocycles. The lowest BCUT2D eigenvalue weighted by atomic mass is 9.94. The fraction of sp³-hybridized carbons (Fsp3) is 0.529. The first kappa shape index (κ1) is 16.3. The molecule has 1 heterocycles. The van der Waals surface area contributed by atoms with Crippen LogP contribution in [0.25, 0.3) is 0 Å². The Morgan fingerprint density at radius 3 is 2.50 bits per heavy atom. The second-order valence-corrected chi connectivity index (χ2v) is 5.47. The van der Waals surface area contributed by atoms with Gasteiger partial charge in [0.25, 0.3) is 0 Å². The van der Waals surface area contributed by atoms with E-state index in [9.17, 15) is 9.59 Å². The van der Waals surface area contributed by atoms with Gasteiger partial charge in [0.15, 0.2) is 0 Å². The Hall–Kier alpha value is -2.04.